The van der Waals surface area contributed by atoms with Crippen LogP contribution in [0, 0.1) is 0 Å². The quantitative estimate of drug-likeness (QED) is 0.693. The van der Waals surface area contributed by atoms with Gasteiger partial charge >= 0.3 is 5.97 Å². The first kappa shape index (κ1) is 19.3. The summed E-state index contributed by atoms with van der Waals surface area (Å²) in [7, 11) is -2.57. The Kier molecular flexibility index (Phi) is 5.73. The molecule has 1 heterocycles. The molecule has 0 atom stereocenters. The van der Waals surface area contributed by atoms with E-state index in [1.165, 1.54) is 25.3 Å². The molecular formula is C17H16ClNO7S. The second-order valence-electron chi connectivity index (χ2n) is 5.47. The second kappa shape index (κ2) is 8.03. The van der Waals surface area contributed by atoms with Crippen LogP contribution in [0.2, 0.25) is 5.02 Å². The largest absolute Gasteiger partial charge is 0.480 e. The smallest absolute Gasteiger partial charge is 0.343 e. The van der Waals surface area contributed by atoms with Crippen LogP contribution in [-0.4, -0.2) is 34.9 Å². The van der Waals surface area contributed by atoms with Crippen molar-refractivity contribution in [3.8, 4) is 17.2 Å². The van der Waals surface area contributed by atoms with Gasteiger partial charge in [0, 0.05) is 6.54 Å². The van der Waals surface area contributed by atoms with Gasteiger partial charge in [0.15, 0.2) is 18.1 Å². The number of rotatable bonds is 7. The van der Waals surface area contributed by atoms with E-state index in [4.69, 9.17) is 25.8 Å². The number of benzene rings is 2. The van der Waals surface area contributed by atoms with E-state index in [-0.39, 0.29) is 35.6 Å². The highest BCUT2D eigenvalue weighted by Gasteiger charge is 2.18. The molecule has 8 nitrogen and oxygen atoms in total. The zero-order valence-corrected chi connectivity index (χ0v) is 15.8. The molecule has 0 amide bonds. The Morgan fingerprint density at radius 1 is 1.19 bits per heavy atom. The molecule has 0 fully saturated rings. The van der Waals surface area contributed by atoms with E-state index in [9.17, 15) is 13.2 Å². The molecule has 0 saturated carbocycles. The highest BCUT2D eigenvalue weighted by molar-refractivity contribution is 7.89. The maximum atomic E-state index is 12.5. The first-order valence-electron chi connectivity index (χ1n) is 7.76. The molecule has 0 unspecified atom stereocenters. The van der Waals surface area contributed by atoms with Gasteiger partial charge in [-0.1, -0.05) is 17.7 Å². The highest BCUT2D eigenvalue weighted by atomic mass is 35.5. The molecule has 10 heteroatoms. The Bertz CT molecular complexity index is 962. The number of esters is 1. The lowest BCUT2D eigenvalue weighted by molar-refractivity contribution is -0.142. The lowest BCUT2D eigenvalue weighted by Crippen LogP contribution is -2.23. The lowest BCUT2D eigenvalue weighted by Gasteiger charge is -2.10. The van der Waals surface area contributed by atoms with Gasteiger partial charge in [0.05, 0.1) is 17.0 Å². The monoisotopic (exact) mass is 413 g/mol. The number of sulfonamides is 1. The molecule has 27 heavy (non-hydrogen) atoms. The summed E-state index contributed by atoms with van der Waals surface area (Å²) in [5.74, 6) is 0.794. The fraction of sp³-hybridized carbons (Fsp3) is 0.235. The van der Waals surface area contributed by atoms with E-state index < -0.39 is 16.0 Å². The zero-order valence-electron chi connectivity index (χ0n) is 14.2. The molecule has 1 aliphatic rings. The number of methoxy groups -OCH3 is 1. The molecular weight excluding hydrogens is 398 g/mol. The summed E-state index contributed by atoms with van der Waals surface area (Å²) in [6.07, 6.45) is 0. The number of nitrogens with one attached hydrogen (secondary N) is 1. The van der Waals surface area contributed by atoms with Crippen molar-refractivity contribution in [2.45, 2.75) is 11.4 Å². The second-order valence-corrected chi connectivity index (χ2v) is 7.64. The van der Waals surface area contributed by atoms with E-state index >= 15 is 0 Å². The Balaban J connectivity index is 1.67. The maximum Gasteiger partial charge on any atom is 0.343 e. The molecule has 0 aromatic heterocycles. The van der Waals surface area contributed by atoms with Gasteiger partial charge in [-0.15, -0.1) is 0 Å². The minimum absolute atomic E-state index is 0.0290. The van der Waals surface area contributed by atoms with E-state index in [0.29, 0.717) is 17.1 Å². The fourth-order valence-corrected chi connectivity index (χ4v) is 3.62. The summed E-state index contributed by atoms with van der Waals surface area (Å²) >= 11 is 6.04. The van der Waals surface area contributed by atoms with Crippen LogP contribution in [-0.2, 0) is 26.1 Å². The van der Waals surface area contributed by atoms with E-state index in [0.717, 1.165) is 0 Å². The Morgan fingerprint density at radius 2 is 1.96 bits per heavy atom. The third kappa shape index (κ3) is 4.62. The van der Waals surface area contributed by atoms with Gasteiger partial charge in [-0.3, -0.25) is 0 Å². The minimum Gasteiger partial charge on any atom is -0.480 e. The normalized spacial score (nSPS) is 12.7. The molecule has 1 N–H and O–H groups in total. The van der Waals surface area contributed by atoms with Crippen LogP contribution in [0.3, 0.4) is 0 Å². The Morgan fingerprint density at radius 3 is 2.70 bits per heavy atom. The number of hydrogen-bond donors (Lipinski definition) is 1. The highest BCUT2D eigenvalue weighted by Crippen LogP contribution is 2.32. The molecule has 1 aliphatic heterocycles. The van der Waals surface area contributed by atoms with Gasteiger partial charge in [-0.2, -0.15) is 0 Å². The van der Waals surface area contributed by atoms with Crippen molar-refractivity contribution >= 4 is 27.6 Å². The number of carbonyl (C=O) groups is 1. The van der Waals surface area contributed by atoms with Crippen LogP contribution in [0.1, 0.15) is 5.56 Å². The van der Waals surface area contributed by atoms with Crippen molar-refractivity contribution in [3.63, 3.8) is 0 Å². The predicted molar refractivity (Wildman–Crippen MR) is 95.6 cm³/mol. The van der Waals surface area contributed by atoms with Crippen molar-refractivity contribution in [3.05, 3.63) is 47.0 Å². The maximum absolute atomic E-state index is 12.5. The van der Waals surface area contributed by atoms with Crippen LogP contribution < -0.4 is 18.9 Å². The average molecular weight is 414 g/mol. The van der Waals surface area contributed by atoms with Gasteiger partial charge in [0.1, 0.15) is 5.75 Å². The average Bonchev–Trinajstić information content (AvgIpc) is 3.13. The van der Waals surface area contributed by atoms with Crippen molar-refractivity contribution in [2.75, 3.05) is 20.5 Å². The molecule has 144 valence electrons. The van der Waals surface area contributed by atoms with Gasteiger partial charge in [-0.05, 0) is 35.9 Å². The van der Waals surface area contributed by atoms with E-state index in [1.54, 1.807) is 18.2 Å². The van der Waals surface area contributed by atoms with E-state index in [1.807, 2.05) is 0 Å². The Labute approximate surface area is 161 Å². The fourth-order valence-electron chi connectivity index (χ4n) is 2.27. The van der Waals surface area contributed by atoms with Gasteiger partial charge < -0.3 is 18.9 Å². The molecule has 0 spiro atoms. The molecule has 0 saturated heterocycles. The third-order valence-electron chi connectivity index (χ3n) is 3.69. The SMILES string of the molecule is COC(=O)COc1ccc(S(=O)(=O)NCc2ccc3c(c2)OCO3)cc1Cl. The molecule has 0 bridgehead atoms. The molecule has 0 aliphatic carbocycles. The van der Waals surface area contributed by atoms with Crippen LogP contribution in [0.15, 0.2) is 41.3 Å². The van der Waals surface area contributed by atoms with Crippen LogP contribution in [0.25, 0.3) is 0 Å². The van der Waals surface area contributed by atoms with Gasteiger partial charge in [-0.25, -0.2) is 17.9 Å². The predicted octanol–water partition coefficient (Wildman–Crippen LogP) is 2.10. The topological polar surface area (TPSA) is 100 Å². The summed E-state index contributed by atoms with van der Waals surface area (Å²) in [4.78, 5) is 11.1. The molecule has 0 radical (unpaired) electrons. The third-order valence-corrected chi connectivity index (χ3v) is 5.38. The van der Waals surface area contributed by atoms with Gasteiger partial charge in [0.2, 0.25) is 16.8 Å². The summed E-state index contributed by atoms with van der Waals surface area (Å²) in [5.41, 5.74) is 0.715. The van der Waals surface area contributed by atoms with Crippen LogP contribution in [0.4, 0.5) is 0 Å². The number of hydrogen-bond acceptors (Lipinski definition) is 7. The van der Waals surface area contributed by atoms with Crippen LogP contribution >= 0.6 is 11.6 Å². The van der Waals surface area contributed by atoms with E-state index in [2.05, 4.69) is 9.46 Å². The number of ether oxygens (including phenoxy) is 4. The first-order valence-corrected chi connectivity index (χ1v) is 9.62. The van der Waals surface area contributed by atoms with Gasteiger partial charge in [0.25, 0.3) is 0 Å². The van der Waals surface area contributed by atoms with Crippen molar-refractivity contribution in [1.29, 1.82) is 0 Å². The number of halogens is 1. The zero-order chi connectivity index (χ0) is 19.4. The van der Waals surface area contributed by atoms with Crippen molar-refractivity contribution in [1.82, 2.24) is 4.72 Å². The molecule has 2 aromatic carbocycles. The summed E-state index contributed by atoms with van der Waals surface area (Å²) < 4.78 is 47.6. The minimum atomic E-state index is -3.80. The summed E-state index contributed by atoms with van der Waals surface area (Å²) in [5, 5.41) is 0.0601. The summed E-state index contributed by atoms with van der Waals surface area (Å²) in [6.45, 7) is -0.116. The van der Waals surface area contributed by atoms with Crippen molar-refractivity contribution < 1.29 is 32.2 Å². The standard InChI is InChI=1S/C17H16ClNO7S/c1-23-17(20)9-24-14-5-3-12(7-13(14)18)27(21,22)19-8-11-2-4-15-16(6-11)26-10-25-15/h2-7,19H,8-10H2,1H3. The summed E-state index contributed by atoms with van der Waals surface area (Å²) in [6, 6.07) is 9.13. The van der Waals surface area contributed by atoms with Crippen molar-refractivity contribution in [2.24, 2.45) is 0 Å². The molecule has 3 rings (SSSR count). The van der Waals surface area contributed by atoms with Crippen LogP contribution in [0.5, 0.6) is 17.2 Å². The Hall–Kier alpha value is -2.49. The lowest BCUT2D eigenvalue weighted by atomic mass is 10.2. The first-order chi connectivity index (χ1) is 12.9. The number of carbonyl (C=O) groups excluding carboxylic acids is 1. The molecule has 2 aromatic rings. The number of fused-ring (bicyclic) bond motifs is 1.